The number of benzene rings is 3. The second-order valence-electron chi connectivity index (χ2n) is 10.2. The number of nitrogens with zero attached hydrogens (tertiary/aromatic N) is 2. The average molecular weight is 547 g/mol. The average Bonchev–Trinajstić information content (AvgIpc) is 3.31. The summed E-state index contributed by atoms with van der Waals surface area (Å²) in [5.74, 6) is -0.531. The largest absolute Gasteiger partial charge is 0.487 e. The molecule has 1 fully saturated rings. The third-order valence-corrected chi connectivity index (χ3v) is 6.96. The summed E-state index contributed by atoms with van der Waals surface area (Å²) in [7, 11) is 3.38. The van der Waals surface area contributed by atoms with Gasteiger partial charge in [0.05, 0.1) is 18.2 Å². The molecule has 10 heteroatoms. The van der Waals surface area contributed by atoms with E-state index in [2.05, 4.69) is 10.6 Å². The highest BCUT2D eigenvalue weighted by Gasteiger charge is 2.37. The van der Waals surface area contributed by atoms with Crippen LogP contribution in [0.25, 0.3) is 11.1 Å². The van der Waals surface area contributed by atoms with Crippen molar-refractivity contribution in [1.82, 2.24) is 20.4 Å². The van der Waals surface area contributed by atoms with Gasteiger partial charge in [-0.2, -0.15) is 0 Å². The Bertz CT molecular complexity index is 1410. The van der Waals surface area contributed by atoms with E-state index in [0.717, 1.165) is 5.56 Å². The van der Waals surface area contributed by atoms with E-state index in [1.54, 1.807) is 50.5 Å². The number of carbonyl (C=O) groups excluding carboxylic acids is 3. The minimum absolute atomic E-state index is 0.0700. The predicted octanol–water partition coefficient (Wildman–Crippen LogP) is 2.45. The first-order chi connectivity index (χ1) is 19.2. The van der Waals surface area contributed by atoms with Crippen molar-refractivity contribution in [1.29, 1.82) is 0 Å². The Morgan fingerprint density at radius 1 is 1.00 bits per heavy atom. The fourth-order valence-electron chi connectivity index (χ4n) is 4.72. The van der Waals surface area contributed by atoms with Gasteiger partial charge in [0.15, 0.2) is 6.61 Å². The number of carbonyl (C=O) groups is 3. The van der Waals surface area contributed by atoms with Crippen LogP contribution in [0.15, 0.2) is 66.7 Å². The van der Waals surface area contributed by atoms with Gasteiger partial charge in [-0.25, -0.2) is 4.39 Å². The summed E-state index contributed by atoms with van der Waals surface area (Å²) >= 11 is 0. The third kappa shape index (κ3) is 6.40. The van der Waals surface area contributed by atoms with Crippen LogP contribution in [0.5, 0.6) is 11.5 Å². The van der Waals surface area contributed by atoms with Gasteiger partial charge in [-0.3, -0.25) is 19.3 Å². The Kier molecular flexibility index (Phi) is 7.97. The lowest BCUT2D eigenvalue weighted by Gasteiger charge is -2.22. The summed E-state index contributed by atoms with van der Waals surface area (Å²) in [6.07, 6.45) is -0.477. The lowest BCUT2D eigenvalue weighted by atomic mass is 10.0. The van der Waals surface area contributed by atoms with Crippen molar-refractivity contribution in [3.05, 3.63) is 83.7 Å². The zero-order valence-electron chi connectivity index (χ0n) is 22.4. The number of fused-ring (bicyclic) bond motifs is 7. The van der Waals surface area contributed by atoms with E-state index in [9.17, 15) is 18.8 Å². The summed E-state index contributed by atoms with van der Waals surface area (Å²) in [4.78, 5) is 41.5. The predicted molar refractivity (Wildman–Crippen MR) is 146 cm³/mol. The second-order valence-corrected chi connectivity index (χ2v) is 10.2. The Labute approximate surface area is 231 Å². The van der Waals surface area contributed by atoms with E-state index in [1.165, 1.54) is 17.0 Å². The molecule has 3 amide bonds. The van der Waals surface area contributed by atoms with Crippen LogP contribution in [0.3, 0.4) is 0 Å². The summed E-state index contributed by atoms with van der Waals surface area (Å²) in [6, 6.07) is 18.1. The van der Waals surface area contributed by atoms with Gasteiger partial charge in [-0.05, 0) is 53.1 Å². The van der Waals surface area contributed by atoms with Crippen molar-refractivity contribution >= 4 is 17.7 Å². The highest BCUT2D eigenvalue weighted by atomic mass is 19.1. The summed E-state index contributed by atoms with van der Waals surface area (Å²) in [5, 5.41) is 5.78. The number of hydrogen-bond acceptors (Lipinski definition) is 6. The van der Waals surface area contributed by atoms with E-state index >= 15 is 0 Å². The lowest BCUT2D eigenvalue weighted by Crippen LogP contribution is -2.45. The molecule has 208 valence electrons. The number of rotatable bonds is 2. The van der Waals surface area contributed by atoms with E-state index in [0.29, 0.717) is 42.3 Å². The van der Waals surface area contributed by atoms with Crippen LogP contribution in [0.1, 0.15) is 15.9 Å². The molecule has 3 heterocycles. The maximum Gasteiger partial charge on any atom is 0.258 e. The standard InChI is InChI=1S/C30H31FN4O5/c1-34(2)29(37)17-35-15-26-27(16-35)40-22-9-6-19(7-10-22)14-32-28(36)18-39-23-5-3-4-20(12-23)21-8-11-25(31)24(13-21)30(38)33-26/h3-13,26-27H,14-18H2,1-2H3,(H,32,36)(H,33,38)/t26-,27-/m0/s1. The zero-order chi connectivity index (χ0) is 28.2. The summed E-state index contributed by atoms with van der Waals surface area (Å²) < 4.78 is 26.8. The number of nitrogens with one attached hydrogen (secondary N) is 2. The Morgan fingerprint density at radius 2 is 1.77 bits per heavy atom. The van der Waals surface area contributed by atoms with Crippen molar-refractivity contribution in [2.45, 2.75) is 18.7 Å². The molecule has 9 nitrogen and oxygen atoms in total. The van der Waals surface area contributed by atoms with Gasteiger partial charge in [-0.15, -0.1) is 0 Å². The first kappa shape index (κ1) is 27.1. The van der Waals surface area contributed by atoms with Crippen LogP contribution in [0.2, 0.25) is 0 Å². The van der Waals surface area contributed by atoms with Crippen LogP contribution < -0.4 is 20.1 Å². The second kappa shape index (κ2) is 11.7. The number of likely N-dealkylation sites (tertiary alicyclic amines) is 1. The SMILES string of the molecule is CN(C)C(=O)CN1C[C@@H]2NC(=O)c3cc(ccc3F)-c3cccc(c3)OCC(=O)NCc3ccc(cc3)O[C@H]2C1. The topological polar surface area (TPSA) is 100 Å². The fourth-order valence-corrected chi connectivity index (χ4v) is 4.72. The number of halogens is 1. The fraction of sp³-hybridized carbons (Fsp3) is 0.300. The molecule has 3 aromatic rings. The number of likely N-dealkylation sites (N-methyl/N-ethyl adjacent to an activating group) is 1. The highest BCUT2D eigenvalue weighted by molar-refractivity contribution is 5.96. The number of hydrogen-bond donors (Lipinski definition) is 2. The number of ether oxygens (including phenoxy) is 2. The van der Waals surface area contributed by atoms with Crippen molar-refractivity contribution in [2.75, 3.05) is 40.3 Å². The van der Waals surface area contributed by atoms with Crippen LogP contribution in [-0.4, -0.2) is 80.0 Å². The first-order valence-corrected chi connectivity index (χ1v) is 13.0. The molecule has 3 aliphatic heterocycles. The molecule has 40 heavy (non-hydrogen) atoms. The van der Waals surface area contributed by atoms with Crippen molar-refractivity contribution < 1.29 is 28.2 Å². The molecule has 0 radical (unpaired) electrons. The first-order valence-electron chi connectivity index (χ1n) is 13.0. The molecule has 0 aliphatic carbocycles. The van der Waals surface area contributed by atoms with Crippen molar-refractivity contribution in [2.24, 2.45) is 0 Å². The van der Waals surface area contributed by atoms with Crippen molar-refractivity contribution in [3.63, 3.8) is 0 Å². The molecule has 0 aromatic heterocycles. The van der Waals surface area contributed by atoms with Crippen LogP contribution >= 0.6 is 0 Å². The van der Waals surface area contributed by atoms with Gasteiger partial charge >= 0.3 is 0 Å². The Hall–Kier alpha value is -4.44. The molecule has 3 aromatic carbocycles. The minimum atomic E-state index is -0.654. The van der Waals surface area contributed by atoms with Gasteiger partial charge in [-0.1, -0.05) is 30.3 Å². The molecule has 6 bridgehead atoms. The smallest absolute Gasteiger partial charge is 0.258 e. The number of amides is 3. The molecule has 1 saturated heterocycles. The minimum Gasteiger partial charge on any atom is -0.487 e. The third-order valence-electron chi connectivity index (χ3n) is 6.96. The molecule has 2 atom stereocenters. The molecule has 2 N–H and O–H groups in total. The van der Waals surface area contributed by atoms with E-state index < -0.39 is 23.9 Å². The maximum atomic E-state index is 14.9. The zero-order valence-corrected chi connectivity index (χ0v) is 22.4. The normalized spacial score (nSPS) is 19.5. The molecule has 0 unspecified atom stereocenters. The Balaban J connectivity index is 1.47. The van der Waals surface area contributed by atoms with Crippen LogP contribution in [-0.2, 0) is 16.1 Å². The van der Waals surface area contributed by atoms with Gasteiger partial charge in [0.1, 0.15) is 23.4 Å². The molecular weight excluding hydrogens is 515 g/mol. The van der Waals surface area contributed by atoms with E-state index in [-0.39, 0.29) is 30.5 Å². The molecule has 0 spiro atoms. The lowest BCUT2D eigenvalue weighted by molar-refractivity contribution is -0.129. The van der Waals surface area contributed by atoms with E-state index in [1.807, 2.05) is 23.1 Å². The van der Waals surface area contributed by atoms with Gasteiger partial charge in [0, 0.05) is 33.7 Å². The maximum absolute atomic E-state index is 14.9. The quantitative estimate of drug-likeness (QED) is 0.513. The van der Waals surface area contributed by atoms with Crippen LogP contribution in [0, 0.1) is 5.82 Å². The monoisotopic (exact) mass is 546 g/mol. The molecule has 3 aliphatic rings. The van der Waals surface area contributed by atoms with Crippen LogP contribution in [0.4, 0.5) is 4.39 Å². The molecule has 0 saturated carbocycles. The van der Waals surface area contributed by atoms with Crippen molar-refractivity contribution in [3.8, 4) is 22.6 Å². The molecular formula is C30H31FN4O5. The van der Waals surface area contributed by atoms with Gasteiger partial charge in [0.2, 0.25) is 5.91 Å². The van der Waals surface area contributed by atoms with E-state index in [4.69, 9.17) is 9.47 Å². The Morgan fingerprint density at radius 3 is 2.55 bits per heavy atom. The summed E-state index contributed by atoms with van der Waals surface area (Å²) in [6.45, 7) is 1.08. The summed E-state index contributed by atoms with van der Waals surface area (Å²) in [5.41, 5.74) is 2.09. The van der Waals surface area contributed by atoms with Gasteiger partial charge in [0.25, 0.3) is 11.8 Å². The highest BCUT2D eigenvalue weighted by Crippen LogP contribution is 2.27. The molecule has 6 rings (SSSR count). The van der Waals surface area contributed by atoms with Gasteiger partial charge < -0.3 is 25.0 Å².